The van der Waals surface area contributed by atoms with Crippen molar-refractivity contribution in [2.75, 3.05) is 25.4 Å². The molecule has 0 aromatic heterocycles. The standard InChI is InChI=1S/C12H26N2S/c1-3-14(4-2)9-10-15-12-8-6-5-7-11(12)13/h11-12H,3-10,13H2,1-2H3. The molecule has 0 amide bonds. The van der Waals surface area contributed by atoms with Crippen molar-refractivity contribution >= 4 is 11.8 Å². The molecule has 0 aromatic carbocycles. The van der Waals surface area contributed by atoms with E-state index in [1.807, 2.05) is 0 Å². The molecule has 1 saturated carbocycles. The summed E-state index contributed by atoms with van der Waals surface area (Å²) in [5.41, 5.74) is 6.13. The molecule has 1 aliphatic carbocycles. The number of hydrogen-bond acceptors (Lipinski definition) is 3. The summed E-state index contributed by atoms with van der Waals surface area (Å²) in [6.07, 6.45) is 5.30. The molecule has 2 atom stereocenters. The van der Waals surface area contributed by atoms with Gasteiger partial charge in [0.15, 0.2) is 0 Å². The predicted octanol–water partition coefficient (Wildman–Crippen LogP) is 2.33. The topological polar surface area (TPSA) is 29.3 Å². The molecule has 90 valence electrons. The van der Waals surface area contributed by atoms with Crippen LogP contribution in [0.25, 0.3) is 0 Å². The second-order valence-corrected chi connectivity index (χ2v) is 5.73. The SMILES string of the molecule is CCN(CC)CCSC1CCCCC1N. The summed E-state index contributed by atoms with van der Waals surface area (Å²) < 4.78 is 0. The van der Waals surface area contributed by atoms with Gasteiger partial charge >= 0.3 is 0 Å². The predicted molar refractivity (Wildman–Crippen MR) is 70.5 cm³/mol. The Labute approximate surface area is 99.0 Å². The first-order chi connectivity index (χ1) is 7.27. The van der Waals surface area contributed by atoms with Gasteiger partial charge < -0.3 is 10.6 Å². The average Bonchev–Trinajstić information content (AvgIpc) is 2.27. The number of rotatable bonds is 6. The second kappa shape index (κ2) is 7.53. The lowest BCUT2D eigenvalue weighted by atomic mass is 9.96. The Morgan fingerprint density at radius 2 is 1.87 bits per heavy atom. The van der Waals surface area contributed by atoms with Gasteiger partial charge in [-0.2, -0.15) is 11.8 Å². The first kappa shape index (κ1) is 13.3. The van der Waals surface area contributed by atoms with Crippen molar-refractivity contribution in [3.63, 3.8) is 0 Å². The van der Waals surface area contributed by atoms with Gasteiger partial charge in [0, 0.05) is 23.6 Å². The van der Waals surface area contributed by atoms with Gasteiger partial charge in [0.2, 0.25) is 0 Å². The van der Waals surface area contributed by atoms with E-state index < -0.39 is 0 Å². The van der Waals surface area contributed by atoms with Gasteiger partial charge in [-0.1, -0.05) is 26.7 Å². The van der Waals surface area contributed by atoms with E-state index >= 15 is 0 Å². The minimum Gasteiger partial charge on any atom is -0.327 e. The molecule has 3 heteroatoms. The van der Waals surface area contributed by atoms with Crippen molar-refractivity contribution < 1.29 is 0 Å². The third-order valence-electron chi connectivity index (χ3n) is 3.39. The molecule has 0 aliphatic heterocycles. The summed E-state index contributed by atoms with van der Waals surface area (Å²) in [6.45, 7) is 8.05. The van der Waals surface area contributed by atoms with E-state index in [2.05, 4.69) is 30.5 Å². The fourth-order valence-corrected chi connectivity index (χ4v) is 3.59. The number of thioether (sulfide) groups is 1. The van der Waals surface area contributed by atoms with Crippen LogP contribution in [-0.4, -0.2) is 41.6 Å². The van der Waals surface area contributed by atoms with Gasteiger partial charge in [0.05, 0.1) is 0 Å². The second-order valence-electron chi connectivity index (χ2n) is 4.38. The van der Waals surface area contributed by atoms with Crippen LogP contribution >= 0.6 is 11.8 Å². The molecule has 0 aromatic rings. The molecule has 2 unspecified atom stereocenters. The zero-order valence-corrected chi connectivity index (χ0v) is 11.1. The Morgan fingerprint density at radius 1 is 1.20 bits per heavy atom. The molecule has 1 aliphatic rings. The Balaban J connectivity index is 2.12. The summed E-state index contributed by atoms with van der Waals surface area (Å²) in [4.78, 5) is 2.49. The summed E-state index contributed by atoms with van der Waals surface area (Å²) >= 11 is 2.10. The molecule has 0 heterocycles. The van der Waals surface area contributed by atoms with E-state index in [1.54, 1.807) is 0 Å². The summed E-state index contributed by atoms with van der Waals surface area (Å²) in [5, 5.41) is 0.731. The molecular weight excluding hydrogens is 204 g/mol. The summed E-state index contributed by atoms with van der Waals surface area (Å²) in [5.74, 6) is 1.25. The zero-order chi connectivity index (χ0) is 11.1. The molecule has 1 rings (SSSR count). The van der Waals surface area contributed by atoms with Crippen LogP contribution in [0.1, 0.15) is 39.5 Å². The van der Waals surface area contributed by atoms with Gasteiger partial charge in [-0.05, 0) is 25.9 Å². The van der Waals surface area contributed by atoms with Crippen molar-refractivity contribution in [1.29, 1.82) is 0 Å². The van der Waals surface area contributed by atoms with E-state index in [-0.39, 0.29) is 0 Å². The van der Waals surface area contributed by atoms with Crippen molar-refractivity contribution in [3.05, 3.63) is 0 Å². The highest BCUT2D eigenvalue weighted by molar-refractivity contribution is 8.00. The Bertz CT molecular complexity index is 160. The van der Waals surface area contributed by atoms with E-state index in [9.17, 15) is 0 Å². The quantitative estimate of drug-likeness (QED) is 0.759. The molecular formula is C12H26N2S. The van der Waals surface area contributed by atoms with Gasteiger partial charge in [-0.25, -0.2) is 0 Å². The lowest BCUT2D eigenvalue weighted by molar-refractivity contribution is 0.323. The van der Waals surface area contributed by atoms with E-state index in [0.717, 1.165) is 5.25 Å². The molecule has 2 N–H and O–H groups in total. The highest BCUT2D eigenvalue weighted by atomic mass is 32.2. The van der Waals surface area contributed by atoms with Crippen molar-refractivity contribution in [3.8, 4) is 0 Å². The van der Waals surface area contributed by atoms with Crippen LogP contribution in [-0.2, 0) is 0 Å². The Hall–Kier alpha value is 0.270. The molecule has 1 fully saturated rings. The van der Waals surface area contributed by atoms with Crippen LogP contribution in [0.3, 0.4) is 0 Å². The highest BCUT2D eigenvalue weighted by Crippen LogP contribution is 2.27. The van der Waals surface area contributed by atoms with E-state index in [1.165, 1.54) is 51.1 Å². The molecule has 0 radical (unpaired) electrons. The van der Waals surface area contributed by atoms with Crippen LogP contribution in [0.5, 0.6) is 0 Å². The first-order valence-electron chi connectivity index (χ1n) is 6.37. The molecule has 0 saturated heterocycles. The zero-order valence-electron chi connectivity index (χ0n) is 10.2. The summed E-state index contributed by atoms with van der Waals surface area (Å²) in [6, 6.07) is 0.459. The normalized spacial score (nSPS) is 27.2. The largest absolute Gasteiger partial charge is 0.327 e. The molecule has 0 spiro atoms. The van der Waals surface area contributed by atoms with Crippen LogP contribution in [0.2, 0.25) is 0 Å². The maximum Gasteiger partial charge on any atom is 0.0199 e. The fraction of sp³-hybridized carbons (Fsp3) is 1.00. The van der Waals surface area contributed by atoms with Crippen molar-refractivity contribution in [1.82, 2.24) is 4.90 Å². The van der Waals surface area contributed by atoms with Crippen LogP contribution < -0.4 is 5.73 Å². The van der Waals surface area contributed by atoms with Crippen molar-refractivity contribution in [2.45, 2.75) is 50.8 Å². The Kier molecular flexibility index (Phi) is 6.69. The number of hydrogen-bond donors (Lipinski definition) is 1. The molecule has 2 nitrogen and oxygen atoms in total. The van der Waals surface area contributed by atoms with Gasteiger partial charge in [0.25, 0.3) is 0 Å². The maximum absolute atomic E-state index is 6.13. The third-order valence-corrected chi connectivity index (χ3v) is 4.82. The minimum atomic E-state index is 0.459. The van der Waals surface area contributed by atoms with Crippen LogP contribution in [0.4, 0.5) is 0 Å². The van der Waals surface area contributed by atoms with E-state index in [0.29, 0.717) is 6.04 Å². The minimum absolute atomic E-state index is 0.459. The average molecular weight is 230 g/mol. The van der Waals surface area contributed by atoms with Gasteiger partial charge in [0.1, 0.15) is 0 Å². The molecule has 0 bridgehead atoms. The number of nitrogens with zero attached hydrogens (tertiary/aromatic N) is 1. The monoisotopic (exact) mass is 230 g/mol. The lowest BCUT2D eigenvalue weighted by Gasteiger charge is -2.28. The smallest absolute Gasteiger partial charge is 0.0199 e. The third kappa shape index (κ3) is 4.75. The maximum atomic E-state index is 6.13. The van der Waals surface area contributed by atoms with Crippen LogP contribution in [0.15, 0.2) is 0 Å². The van der Waals surface area contributed by atoms with Crippen molar-refractivity contribution in [2.24, 2.45) is 5.73 Å². The van der Waals surface area contributed by atoms with E-state index in [4.69, 9.17) is 5.73 Å². The van der Waals surface area contributed by atoms with Gasteiger partial charge in [-0.3, -0.25) is 0 Å². The Morgan fingerprint density at radius 3 is 2.47 bits per heavy atom. The first-order valence-corrected chi connectivity index (χ1v) is 7.42. The molecule has 15 heavy (non-hydrogen) atoms. The summed E-state index contributed by atoms with van der Waals surface area (Å²) in [7, 11) is 0. The lowest BCUT2D eigenvalue weighted by Crippen LogP contribution is -2.36. The fourth-order valence-electron chi connectivity index (χ4n) is 2.21. The highest BCUT2D eigenvalue weighted by Gasteiger charge is 2.21. The number of nitrogens with two attached hydrogens (primary N) is 1. The van der Waals surface area contributed by atoms with Gasteiger partial charge in [-0.15, -0.1) is 0 Å². The van der Waals surface area contributed by atoms with Crippen LogP contribution in [0, 0.1) is 0 Å².